The normalized spacial score (nSPS) is 15.2. The van der Waals surface area contributed by atoms with E-state index in [2.05, 4.69) is 13.5 Å². The van der Waals surface area contributed by atoms with E-state index in [9.17, 15) is 10.2 Å². The Labute approximate surface area is 135 Å². The van der Waals surface area contributed by atoms with Gasteiger partial charge in [-0.3, -0.25) is 0 Å². The van der Waals surface area contributed by atoms with Crippen LogP contribution in [0.3, 0.4) is 0 Å². The fourth-order valence-electron chi connectivity index (χ4n) is 2.82. The molecule has 0 aromatic heterocycles. The second-order valence-electron chi connectivity index (χ2n) is 6.20. The van der Waals surface area contributed by atoms with Crippen LogP contribution in [-0.2, 0) is 6.42 Å². The van der Waals surface area contributed by atoms with Gasteiger partial charge in [0.1, 0.15) is 0 Å². The average molecular weight is 304 g/mol. The summed E-state index contributed by atoms with van der Waals surface area (Å²) in [5.74, 6) is -0.0995. The van der Waals surface area contributed by atoms with Crippen molar-refractivity contribution in [2.75, 3.05) is 0 Å². The Morgan fingerprint density at radius 1 is 1.00 bits per heavy atom. The Morgan fingerprint density at radius 3 is 2.27 bits per heavy atom. The number of rotatable bonds is 12. The molecule has 1 rings (SSSR count). The van der Waals surface area contributed by atoms with Gasteiger partial charge in [-0.05, 0) is 18.4 Å². The summed E-state index contributed by atoms with van der Waals surface area (Å²) in [7, 11) is 0. The minimum atomic E-state index is -0.728. The summed E-state index contributed by atoms with van der Waals surface area (Å²) >= 11 is 0. The molecule has 22 heavy (non-hydrogen) atoms. The summed E-state index contributed by atoms with van der Waals surface area (Å²) < 4.78 is 0. The number of aliphatic hydroxyl groups is 2. The molecule has 0 saturated heterocycles. The predicted octanol–water partition coefficient (Wildman–Crippen LogP) is 4.50. The Balaban J connectivity index is 2.33. The maximum atomic E-state index is 10.4. The van der Waals surface area contributed by atoms with E-state index in [1.165, 1.54) is 31.2 Å². The first kappa shape index (κ1) is 18.9. The molecule has 1 aromatic carbocycles. The van der Waals surface area contributed by atoms with E-state index in [1.807, 2.05) is 30.3 Å². The molecular formula is C20H32O2. The molecule has 1 aromatic rings. The lowest BCUT2D eigenvalue weighted by Crippen LogP contribution is -2.33. The summed E-state index contributed by atoms with van der Waals surface area (Å²) in [6, 6.07) is 10.1. The third kappa shape index (κ3) is 7.24. The van der Waals surface area contributed by atoms with E-state index in [-0.39, 0.29) is 5.92 Å². The molecule has 124 valence electrons. The third-order valence-corrected chi connectivity index (χ3v) is 4.30. The molecule has 2 nitrogen and oxygen atoms in total. The molecular weight excluding hydrogens is 272 g/mol. The number of unbranched alkanes of at least 4 members (excludes halogenated alkanes) is 5. The van der Waals surface area contributed by atoms with Crippen LogP contribution in [0, 0.1) is 5.92 Å². The quantitative estimate of drug-likeness (QED) is 0.441. The number of hydrogen-bond acceptors (Lipinski definition) is 2. The van der Waals surface area contributed by atoms with Crippen LogP contribution < -0.4 is 0 Å². The number of benzene rings is 1. The van der Waals surface area contributed by atoms with Crippen molar-refractivity contribution in [3.05, 3.63) is 48.6 Å². The predicted molar refractivity (Wildman–Crippen MR) is 93.8 cm³/mol. The van der Waals surface area contributed by atoms with E-state index in [4.69, 9.17) is 0 Å². The van der Waals surface area contributed by atoms with Gasteiger partial charge in [-0.1, -0.05) is 81.9 Å². The molecule has 1 unspecified atom stereocenters. The molecule has 0 bridgehead atoms. The molecule has 0 aliphatic carbocycles. The summed E-state index contributed by atoms with van der Waals surface area (Å²) in [6.07, 6.45) is 8.95. The van der Waals surface area contributed by atoms with Crippen LogP contribution in [0.2, 0.25) is 0 Å². The van der Waals surface area contributed by atoms with E-state index in [0.29, 0.717) is 6.42 Å². The molecule has 0 aliphatic heterocycles. The average Bonchev–Trinajstić information content (AvgIpc) is 2.56. The molecule has 0 heterocycles. The van der Waals surface area contributed by atoms with Crippen LogP contribution in [0.4, 0.5) is 0 Å². The number of hydrogen-bond donors (Lipinski definition) is 2. The first-order chi connectivity index (χ1) is 10.7. The van der Waals surface area contributed by atoms with Gasteiger partial charge in [0.25, 0.3) is 0 Å². The van der Waals surface area contributed by atoms with E-state index in [1.54, 1.807) is 6.08 Å². The monoisotopic (exact) mass is 304 g/mol. The minimum Gasteiger partial charge on any atom is -0.390 e. The lowest BCUT2D eigenvalue weighted by Gasteiger charge is -2.24. The van der Waals surface area contributed by atoms with Gasteiger partial charge >= 0.3 is 0 Å². The topological polar surface area (TPSA) is 40.5 Å². The molecule has 3 atom stereocenters. The van der Waals surface area contributed by atoms with Crippen molar-refractivity contribution in [3.8, 4) is 0 Å². The molecule has 2 heteroatoms. The zero-order chi connectivity index (χ0) is 16.2. The Morgan fingerprint density at radius 2 is 1.64 bits per heavy atom. The van der Waals surface area contributed by atoms with Crippen molar-refractivity contribution in [2.24, 2.45) is 5.92 Å². The fourth-order valence-corrected chi connectivity index (χ4v) is 2.82. The molecule has 0 amide bonds. The maximum Gasteiger partial charge on any atom is 0.0864 e. The van der Waals surface area contributed by atoms with Gasteiger partial charge in [0.2, 0.25) is 0 Å². The first-order valence-corrected chi connectivity index (χ1v) is 8.71. The molecule has 0 spiro atoms. The van der Waals surface area contributed by atoms with E-state index in [0.717, 1.165) is 19.3 Å². The van der Waals surface area contributed by atoms with Crippen LogP contribution in [0.15, 0.2) is 43.0 Å². The summed E-state index contributed by atoms with van der Waals surface area (Å²) in [4.78, 5) is 0. The minimum absolute atomic E-state index is 0.0995. The van der Waals surface area contributed by atoms with Crippen molar-refractivity contribution in [3.63, 3.8) is 0 Å². The van der Waals surface area contributed by atoms with Crippen molar-refractivity contribution in [1.82, 2.24) is 0 Å². The van der Waals surface area contributed by atoms with Gasteiger partial charge < -0.3 is 10.2 Å². The second-order valence-corrected chi connectivity index (χ2v) is 6.20. The van der Waals surface area contributed by atoms with Gasteiger partial charge in [0.15, 0.2) is 0 Å². The molecule has 0 aliphatic rings. The van der Waals surface area contributed by atoms with E-state index < -0.39 is 12.2 Å². The first-order valence-electron chi connectivity index (χ1n) is 8.71. The van der Waals surface area contributed by atoms with Crippen LogP contribution in [0.25, 0.3) is 0 Å². The fraction of sp³-hybridized carbons (Fsp3) is 0.600. The van der Waals surface area contributed by atoms with Crippen molar-refractivity contribution in [2.45, 2.75) is 70.5 Å². The highest BCUT2D eigenvalue weighted by Gasteiger charge is 2.23. The third-order valence-electron chi connectivity index (χ3n) is 4.30. The molecule has 0 radical (unpaired) electrons. The SMILES string of the molecule is C=CC(Cc1ccccc1)[C@H](O)[C@H](O)CCCCCCCC. The largest absolute Gasteiger partial charge is 0.390 e. The Bertz CT molecular complexity index is 388. The van der Waals surface area contributed by atoms with Gasteiger partial charge in [0.05, 0.1) is 12.2 Å². The van der Waals surface area contributed by atoms with Gasteiger partial charge in [-0.15, -0.1) is 6.58 Å². The lowest BCUT2D eigenvalue weighted by molar-refractivity contribution is -0.0105. The van der Waals surface area contributed by atoms with Crippen LogP contribution in [-0.4, -0.2) is 22.4 Å². The standard InChI is InChI=1S/C20H32O2/c1-3-5-6-7-8-12-15-19(21)20(22)18(4-2)16-17-13-10-9-11-14-17/h4,9-11,13-14,18-22H,2-3,5-8,12,15-16H2,1H3/t18?,19-,20+/m1/s1. The zero-order valence-electron chi connectivity index (χ0n) is 14.0. The second kappa shape index (κ2) is 11.4. The highest BCUT2D eigenvalue weighted by molar-refractivity contribution is 5.16. The van der Waals surface area contributed by atoms with Crippen LogP contribution in [0.5, 0.6) is 0 Å². The summed E-state index contributed by atoms with van der Waals surface area (Å²) in [6.45, 7) is 6.03. The summed E-state index contributed by atoms with van der Waals surface area (Å²) in [5.41, 5.74) is 1.17. The van der Waals surface area contributed by atoms with Crippen molar-refractivity contribution >= 4 is 0 Å². The van der Waals surface area contributed by atoms with Crippen molar-refractivity contribution in [1.29, 1.82) is 0 Å². The highest BCUT2D eigenvalue weighted by atomic mass is 16.3. The molecule has 0 saturated carbocycles. The van der Waals surface area contributed by atoms with E-state index >= 15 is 0 Å². The molecule has 0 fully saturated rings. The number of aliphatic hydroxyl groups excluding tert-OH is 2. The van der Waals surface area contributed by atoms with Crippen LogP contribution in [0.1, 0.15) is 57.4 Å². The maximum absolute atomic E-state index is 10.4. The lowest BCUT2D eigenvalue weighted by atomic mass is 9.89. The van der Waals surface area contributed by atoms with Gasteiger partial charge in [-0.25, -0.2) is 0 Å². The van der Waals surface area contributed by atoms with Crippen molar-refractivity contribution < 1.29 is 10.2 Å². The summed E-state index contributed by atoms with van der Waals surface area (Å²) in [5, 5.41) is 20.6. The Kier molecular flexibility index (Phi) is 9.85. The zero-order valence-corrected chi connectivity index (χ0v) is 14.0. The van der Waals surface area contributed by atoms with Gasteiger partial charge in [-0.2, -0.15) is 0 Å². The molecule has 2 N–H and O–H groups in total. The Hall–Kier alpha value is -1.12. The van der Waals surface area contributed by atoms with Crippen LogP contribution >= 0.6 is 0 Å². The van der Waals surface area contributed by atoms with Gasteiger partial charge in [0, 0.05) is 5.92 Å². The highest BCUT2D eigenvalue weighted by Crippen LogP contribution is 2.19. The smallest absolute Gasteiger partial charge is 0.0864 e.